The molecule has 1 aliphatic rings. The highest BCUT2D eigenvalue weighted by molar-refractivity contribution is 7.52. The Kier molecular flexibility index (Phi) is 5.94. The van der Waals surface area contributed by atoms with Crippen LogP contribution in [0.2, 0.25) is 0 Å². The number of hydrogen-bond donors (Lipinski definition) is 1. The summed E-state index contributed by atoms with van der Waals surface area (Å²) >= 11 is 0. The fraction of sp³-hybridized carbons (Fsp3) is 1.00. The molecular formula is C10H21O5P. The lowest BCUT2D eigenvalue weighted by Crippen LogP contribution is -2.08. The minimum Gasteiger partial charge on any atom is -0.379 e. The van der Waals surface area contributed by atoms with Crippen LogP contribution >= 0.6 is 7.60 Å². The van der Waals surface area contributed by atoms with E-state index in [0.29, 0.717) is 19.6 Å². The Morgan fingerprint density at radius 2 is 2.31 bits per heavy atom. The lowest BCUT2D eigenvalue weighted by atomic mass is 10.3. The number of ether oxygens (including phenoxy) is 2. The van der Waals surface area contributed by atoms with Crippen LogP contribution in [0.1, 0.15) is 26.7 Å². The van der Waals surface area contributed by atoms with Gasteiger partial charge in [-0.25, -0.2) is 0 Å². The molecule has 6 heteroatoms. The highest BCUT2D eigenvalue weighted by Gasteiger charge is 2.23. The molecule has 1 N–H and O–H groups in total. The lowest BCUT2D eigenvalue weighted by Gasteiger charge is -2.16. The first-order valence-electron chi connectivity index (χ1n) is 5.73. The van der Waals surface area contributed by atoms with Crippen molar-refractivity contribution in [2.24, 2.45) is 0 Å². The van der Waals surface area contributed by atoms with Gasteiger partial charge in [0.1, 0.15) is 6.10 Å². The Hall–Kier alpha value is 0.0700. The van der Waals surface area contributed by atoms with Crippen LogP contribution in [-0.4, -0.2) is 43.1 Å². The maximum absolute atomic E-state index is 11.5. The smallest absolute Gasteiger partial charge is 0.328 e. The van der Waals surface area contributed by atoms with Gasteiger partial charge in [0.2, 0.25) is 0 Å². The quantitative estimate of drug-likeness (QED) is 0.385. The molecule has 0 spiro atoms. The Morgan fingerprint density at radius 3 is 2.88 bits per heavy atom. The number of hydrogen-bond acceptors (Lipinski definition) is 4. The maximum Gasteiger partial charge on any atom is 0.328 e. The minimum absolute atomic E-state index is 0.156. The van der Waals surface area contributed by atoms with Crippen LogP contribution < -0.4 is 0 Å². The molecule has 0 bridgehead atoms. The average molecular weight is 252 g/mol. The van der Waals surface area contributed by atoms with E-state index in [1.165, 1.54) is 0 Å². The van der Waals surface area contributed by atoms with Gasteiger partial charge in [0, 0.05) is 6.61 Å². The topological polar surface area (TPSA) is 68.3 Å². The summed E-state index contributed by atoms with van der Waals surface area (Å²) in [6.45, 7) is 5.55. The first-order valence-corrected chi connectivity index (χ1v) is 7.49. The second-order valence-electron chi connectivity index (χ2n) is 4.07. The van der Waals surface area contributed by atoms with E-state index in [-0.39, 0.29) is 18.4 Å². The lowest BCUT2D eigenvalue weighted by molar-refractivity contribution is 0.115. The largest absolute Gasteiger partial charge is 0.379 e. The minimum atomic E-state index is -3.42. The van der Waals surface area contributed by atoms with Gasteiger partial charge < -0.3 is 18.9 Å². The fourth-order valence-corrected chi connectivity index (χ4v) is 2.50. The molecule has 0 aromatic rings. The second-order valence-corrected chi connectivity index (χ2v) is 6.00. The van der Waals surface area contributed by atoms with Crippen molar-refractivity contribution in [3.05, 3.63) is 0 Å². The molecule has 1 aliphatic heterocycles. The van der Waals surface area contributed by atoms with Crippen molar-refractivity contribution in [3.8, 4) is 0 Å². The molecule has 0 amide bonds. The molecule has 1 rings (SSSR count). The highest BCUT2D eigenvalue weighted by Crippen LogP contribution is 2.44. The maximum atomic E-state index is 11.5. The third-order valence-electron chi connectivity index (χ3n) is 2.36. The van der Waals surface area contributed by atoms with Crippen molar-refractivity contribution in [2.75, 3.05) is 26.0 Å². The van der Waals surface area contributed by atoms with Crippen LogP contribution in [0.5, 0.6) is 0 Å². The molecule has 3 unspecified atom stereocenters. The predicted octanol–water partition coefficient (Wildman–Crippen LogP) is 1.79. The highest BCUT2D eigenvalue weighted by atomic mass is 31.2. The zero-order valence-corrected chi connectivity index (χ0v) is 10.8. The zero-order valence-electron chi connectivity index (χ0n) is 9.92. The van der Waals surface area contributed by atoms with Crippen molar-refractivity contribution in [2.45, 2.75) is 38.9 Å². The van der Waals surface area contributed by atoms with Crippen molar-refractivity contribution in [1.82, 2.24) is 0 Å². The summed E-state index contributed by atoms with van der Waals surface area (Å²) in [4.78, 5) is 9.49. The normalized spacial score (nSPS) is 25.1. The van der Waals surface area contributed by atoms with Gasteiger partial charge in [0.15, 0.2) is 0 Å². The SMILES string of the molecule is CCC(C)OP(=O)(O)CCCOCC1CO1. The summed E-state index contributed by atoms with van der Waals surface area (Å²) in [6, 6.07) is 0. The van der Waals surface area contributed by atoms with E-state index in [4.69, 9.17) is 14.0 Å². The van der Waals surface area contributed by atoms with Crippen molar-refractivity contribution >= 4 is 7.60 Å². The van der Waals surface area contributed by atoms with Crippen LogP contribution in [0, 0.1) is 0 Å². The van der Waals surface area contributed by atoms with E-state index in [9.17, 15) is 9.46 Å². The molecule has 0 radical (unpaired) electrons. The summed E-state index contributed by atoms with van der Waals surface area (Å²) in [6.07, 6.45) is 1.51. The van der Waals surface area contributed by atoms with Gasteiger partial charge in [-0.15, -0.1) is 0 Å². The predicted molar refractivity (Wildman–Crippen MR) is 60.7 cm³/mol. The Bertz CT molecular complexity index is 241. The van der Waals surface area contributed by atoms with E-state index in [0.717, 1.165) is 13.0 Å². The monoisotopic (exact) mass is 252 g/mol. The first kappa shape index (κ1) is 14.1. The fourth-order valence-electron chi connectivity index (χ4n) is 1.15. The van der Waals surface area contributed by atoms with Crippen LogP contribution in [0.4, 0.5) is 0 Å². The summed E-state index contributed by atoms with van der Waals surface area (Å²) in [5.41, 5.74) is 0. The van der Waals surface area contributed by atoms with Gasteiger partial charge in [0.25, 0.3) is 0 Å². The van der Waals surface area contributed by atoms with Gasteiger partial charge in [-0.3, -0.25) is 4.57 Å². The summed E-state index contributed by atoms with van der Waals surface area (Å²) < 4.78 is 26.8. The number of rotatable bonds is 9. The molecule has 1 fully saturated rings. The molecule has 5 nitrogen and oxygen atoms in total. The van der Waals surface area contributed by atoms with Crippen molar-refractivity contribution in [3.63, 3.8) is 0 Å². The van der Waals surface area contributed by atoms with Crippen LogP contribution in [0.25, 0.3) is 0 Å². The second kappa shape index (κ2) is 6.72. The van der Waals surface area contributed by atoms with E-state index in [1.807, 2.05) is 6.92 Å². The van der Waals surface area contributed by atoms with Crippen molar-refractivity contribution in [1.29, 1.82) is 0 Å². The van der Waals surface area contributed by atoms with Crippen molar-refractivity contribution < 1.29 is 23.5 Å². The van der Waals surface area contributed by atoms with E-state index < -0.39 is 7.60 Å². The van der Waals surface area contributed by atoms with E-state index in [2.05, 4.69) is 0 Å². The van der Waals surface area contributed by atoms with Gasteiger partial charge in [0.05, 0.1) is 25.5 Å². The summed E-state index contributed by atoms with van der Waals surface area (Å²) in [7, 11) is -3.42. The third kappa shape index (κ3) is 6.61. The van der Waals surface area contributed by atoms with E-state index in [1.54, 1.807) is 6.92 Å². The molecule has 0 saturated carbocycles. The van der Waals surface area contributed by atoms with E-state index >= 15 is 0 Å². The van der Waals surface area contributed by atoms with Crippen LogP contribution in [0.3, 0.4) is 0 Å². The zero-order chi connectivity index (χ0) is 12.0. The third-order valence-corrected chi connectivity index (χ3v) is 3.93. The Balaban J connectivity index is 2.02. The Labute approximate surface area is 96.6 Å². The number of epoxide rings is 1. The molecule has 0 aliphatic carbocycles. The van der Waals surface area contributed by atoms with Crippen LogP contribution in [0.15, 0.2) is 0 Å². The standard InChI is InChI=1S/C10H21O5P/c1-3-9(2)15-16(11,12)6-4-5-13-7-10-8-14-10/h9-10H,3-8H2,1-2H3,(H,11,12). The molecule has 1 saturated heterocycles. The molecule has 1 heterocycles. The van der Waals surface area contributed by atoms with Crippen LogP contribution in [-0.2, 0) is 18.6 Å². The molecule has 3 atom stereocenters. The van der Waals surface area contributed by atoms with Gasteiger partial charge in [-0.1, -0.05) is 6.92 Å². The Morgan fingerprint density at radius 1 is 1.62 bits per heavy atom. The average Bonchev–Trinajstić information content (AvgIpc) is 3.00. The molecule has 0 aromatic heterocycles. The first-order chi connectivity index (χ1) is 7.53. The van der Waals surface area contributed by atoms with Gasteiger partial charge in [-0.2, -0.15) is 0 Å². The molecule has 16 heavy (non-hydrogen) atoms. The molecule has 0 aromatic carbocycles. The summed E-state index contributed by atoms with van der Waals surface area (Å²) in [5, 5.41) is 0. The molecular weight excluding hydrogens is 231 g/mol. The summed E-state index contributed by atoms with van der Waals surface area (Å²) in [5.74, 6) is 0. The van der Waals surface area contributed by atoms with Gasteiger partial charge >= 0.3 is 7.60 Å². The molecule has 96 valence electrons. The van der Waals surface area contributed by atoms with Gasteiger partial charge in [-0.05, 0) is 19.8 Å².